The van der Waals surface area contributed by atoms with Crippen LogP contribution in [0.2, 0.25) is 5.02 Å². The van der Waals surface area contributed by atoms with E-state index in [1.165, 1.54) is 0 Å². The topological polar surface area (TPSA) is 64.4 Å². The van der Waals surface area contributed by atoms with Gasteiger partial charge in [-0.15, -0.1) is 0 Å². The van der Waals surface area contributed by atoms with E-state index >= 15 is 0 Å². The maximum atomic E-state index is 13.8. The summed E-state index contributed by atoms with van der Waals surface area (Å²) in [5.41, 5.74) is 4.87. The third-order valence-corrected chi connectivity index (χ3v) is 7.24. The van der Waals surface area contributed by atoms with Crippen molar-refractivity contribution in [3.8, 4) is 0 Å². The molecular weight excluding hydrogens is 468 g/mol. The van der Waals surface area contributed by atoms with Gasteiger partial charge in [0.15, 0.2) is 5.78 Å². The summed E-state index contributed by atoms with van der Waals surface area (Å²) in [6.45, 7) is 6.16. The van der Waals surface area contributed by atoms with Crippen LogP contribution in [0.25, 0.3) is 5.76 Å². The number of aryl methyl sites for hydroxylation is 1. The number of aliphatic hydroxyl groups excluding tert-OH is 1. The van der Waals surface area contributed by atoms with Crippen molar-refractivity contribution in [2.45, 2.75) is 39.5 Å². The number of ketones is 1. The van der Waals surface area contributed by atoms with Crippen molar-refractivity contribution in [2.24, 2.45) is 5.41 Å². The lowest BCUT2D eigenvalue weighted by Gasteiger charge is -2.45. The summed E-state index contributed by atoms with van der Waals surface area (Å²) in [6, 6.07) is 24.6. The Morgan fingerprint density at radius 2 is 1.69 bits per heavy atom. The van der Waals surface area contributed by atoms with Crippen LogP contribution in [0, 0.1) is 17.7 Å². The van der Waals surface area contributed by atoms with E-state index in [-0.39, 0.29) is 22.8 Å². The number of anilines is 1. The molecule has 0 aromatic heterocycles. The number of nitrogens with zero attached hydrogens (tertiary/aromatic N) is 1. The van der Waals surface area contributed by atoms with Gasteiger partial charge in [-0.1, -0.05) is 91.7 Å². The van der Waals surface area contributed by atoms with Gasteiger partial charge >= 0.3 is 0 Å². The smallest absolute Gasteiger partial charge is 0.162 e. The highest BCUT2D eigenvalue weighted by Gasteiger charge is 2.46. The Hall–Kier alpha value is -3.63. The zero-order chi connectivity index (χ0) is 25.6. The van der Waals surface area contributed by atoms with Crippen LogP contribution in [-0.2, 0) is 4.79 Å². The van der Waals surface area contributed by atoms with Gasteiger partial charge in [-0.3, -0.25) is 15.1 Å². The molecule has 0 spiro atoms. The summed E-state index contributed by atoms with van der Waals surface area (Å²) in [4.78, 5) is 15.6. The van der Waals surface area contributed by atoms with E-state index in [0.29, 0.717) is 40.3 Å². The molecule has 0 fully saturated rings. The molecule has 1 unspecified atom stereocenters. The first kappa shape index (κ1) is 24.1. The van der Waals surface area contributed by atoms with Crippen molar-refractivity contribution in [1.29, 1.82) is 5.41 Å². The minimum atomic E-state index is -0.547. The molecule has 0 saturated carbocycles. The fraction of sp³-hybridized carbons (Fsp3) is 0.226. The largest absolute Gasteiger partial charge is 0.507 e. The molecule has 1 atom stereocenters. The molecule has 0 amide bonds. The lowest BCUT2D eigenvalue weighted by molar-refractivity contribution is -0.118. The van der Waals surface area contributed by atoms with E-state index in [0.717, 1.165) is 16.8 Å². The fourth-order valence-corrected chi connectivity index (χ4v) is 5.54. The van der Waals surface area contributed by atoms with Gasteiger partial charge in [0.25, 0.3) is 0 Å². The van der Waals surface area contributed by atoms with E-state index in [9.17, 15) is 15.3 Å². The van der Waals surface area contributed by atoms with Crippen LogP contribution in [0.5, 0.6) is 0 Å². The summed E-state index contributed by atoms with van der Waals surface area (Å²) in [6.07, 6.45) is 1.04. The number of amidine groups is 1. The lowest BCUT2D eigenvalue weighted by atomic mass is 9.67. The fourth-order valence-electron chi connectivity index (χ4n) is 5.36. The van der Waals surface area contributed by atoms with Gasteiger partial charge < -0.3 is 5.11 Å². The normalized spacial score (nSPS) is 20.9. The molecule has 1 heterocycles. The van der Waals surface area contributed by atoms with Gasteiger partial charge in [0, 0.05) is 45.5 Å². The second kappa shape index (κ2) is 9.11. The van der Waals surface area contributed by atoms with Crippen molar-refractivity contribution >= 4 is 34.7 Å². The molecule has 2 N–H and O–H groups in total. The molecule has 182 valence electrons. The number of Topliss-reactive ketones (excluding diaryl/α,β-unsaturated/α-hetero) is 1. The van der Waals surface area contributed by atoms with E-state index in [2.05, 4.69) is 13.8 Å². The monoisotopic (exact) mass is 496 g/mol. The maximum absolute atomic E-state index is 13.8. The van der Waals surface area contributed by atoms with Crippen LogP contribution in [-0.4, -0.2) is 16.7 Å². The molecule has 5 rings (SSSR count). The first-order valence-electron chi connectivity index (χ1n) is 12.1. The van der Waals surface area contributed by atoms with Crippen molar-refractivity contribution in [1.82, 2.24) is 0 Å². The average Bonchev–Trinajstić information content (AvgIpc) is 2.83. The highest BCUT2D eigenvalue weighted by Crippen LogP contribution is 2.51. The summed E-state index contributed by atoms with van der Waals surface area (Å²) >= 11 is 6.36. The number of benzene rings is 3. The van der Waals surface area contributed by atoms with Gasteiger partial charge in [0.05, 0.1) is 0 Å². The number of rotatable bonds is 3. The van der Waals surface area contributed by atoms with E-state index in [1.54, 1.807) is 17.0 Å². The van der Waals surface area contributed by atoms with Crippen molar-refractivity contribution in [2.75, 3.05) is 4.90 Å². The van der Waals surface area contributed by atoms with Crippen molar-refractivity contribution < 1.29 is 9.90 Å². The molecule has 0 radical (unpaired) electrons. The standard InChI is InChI=1S/C31H29ClN2O2/c1-19-12-14-21(15-13-19)29(36)28-26(20-8-5-4-6-9-20)27-24(17-31(2,3)18-25(27)35)34(30(28)33)23-11-7-10-22(32)16-23/h4-16,26,33,36H,17-18H2,1-3H3/b29-28+,33-30?. The van der Waals surface area contributed by atoms with Crippen LogP contribution in [0.4, 0.5) is 5.69 Å². The molecule has 3 aromatic rings. The number of aliphatic hydroxyl groups is 1. The molecule has 1 aliphatic carbocycles. The van der Waals surface area contributed by atoms with Gasteiger partial charge in [-0.2, -0.15) is 0 Å². The van der Waals surface area contributed by atoms with Crippen molar-refractivity contribution in [3.05, 3.63) is 117 Å². The zero-order valence-corrected chi connectivity index (χ0v) is 21.4. The van der Waals surface area contributed by atoms with Crippen molar-refractivity contribution in [3.63, 3.8) is 0 Å². The highest BCUT2D eigenvalue weighted by atomic mass is 35.5. The number of carbonyl (C=O) groups excluding carboxylic acids is 1. The Morgan fingerprint density at radius 1 is 1.00 bits per heavy atom. The van der Waals surface area contributed by atoms with Crippen LogP contribution < -0.4 is 4.90 Å². The third kappa shape index (κ3) is 4.27. The molecule has 2 aliphatic rings. The average molecular weight is 497 g/mol. The number of hydrogen-bond donors (Lipinski definition) is 2. The van der Waals surface area contributed by atoms with E-state index in [4.69, 9.17) is 11.6 Å². The first-order valence-corrected chi connectivity index (χ1v) is 12.5. The lowest BCUT2D eigenvalue weighted by Crippen LogP contribution is -2.45. The summed E-state index contributed by atoms with van der Waals surface area (Å²) in [5, 5.41) is 21.7. The number of carbonyl (C=O) groups is 1. The quantitative estimate of drug-likeness (QED) is 0.363. The molecule has 4 nitrogen and oxygen atoms in total. The van der Waals surface area contributed by atoms with Crippen LogP contribution >= 0.6 is 11.6 Å². The highest BCUT2D eigenvalue weighted by molar-refractivity contribution is 6.31. The number of allylic oxidation sites excluding steroid dienone is 2. The van der Waals surface area contributed by atoms with Gasteiger partial charge in [-0.05, 0) is 42.5 Å². The van der Waals surface area contributed by atoms with Crippen LogP contribution in [0.1, 0.15) is 49.3 Å². The number of hydrogen-bond acceptors (Lipinski definition) is 3. The SMILES string of the molecule is Cc1ccc(/C(O)=C2\C(=N)N(c3cccc(Cl)c3)C3=C(C(=O)CC(C)(C)C3)C2c2ccccc2)cc1. The minimum absolute atomic E-state index is 0.00469. The molecular formula is C31H29ClN2O2. The predicted molar refractivity (Wildman–Crippen MR) is 147 cm³/mol. The molecule has 5 heteroatoms. The minimum Gasteiger partial charge on any atom is -0.507 e. The Morgan fingerprint density at radius 3 is 2.36 bits per heavy atom. The Kier molecular flexibility index (Phi) is 6.09. The van der Waals surface area contributed by atoms with Crippen LogP contribution in [0.3, 0.4) is 0 Å². The third-order valence-electron chi connectivity index (χ3n) is 7.00. The predicted octanol–water partition coefficient (Wildman–Crippen LogP) is 7.84. The van der Waals surface area contributed by atoms with Gasteiger partial charge in [0.2, 0.25) is 0 Å². The van der Waals surface area contributed by atoms with Crippen LogP contribution in [0.15, 0.2) is 95.7 Å². The Balaban J connectivity index is 1.85. The second-order valence-corrected chi connectivity index (χ2v) is 10.9. The van der Waals surface area contributed by atoms with E-state index in [1.807, 2.05) is 73.7 Å². The molecule has 0 saturated heterocycles. The summed E-state index contributed by atoms with van der Waals surface area (Å²) in [5.74, 6) is -0.351. The van der Waals surface area contributed by atoms with Gasteiger partial charge in [-0.25, -0.2) is 0 Å². The summed E-state index contributed by atoms with van der Waals surface area (Å²) < 4.78 is 0. The Bertz CT molecular complexity index is 1420. The zero-order valence-electron chi connectivity index (χ0n) is 20.7. The first-order chi connectivity index (χ1) is 17.2. The summed E-state index contributed by atoms with van der Waals surface area (Å²) in [7, 11) is 0. The maximum Gasteiger partial charge on any atom is 0.162 e. The second-order valence-electron chi connectivity index (χ2n) is 10.4. The number of halogens is 1. The molecule has 0 bridgehead atoms. The molecule has 36 heavy (non-hydrogen) atoms. The molecule has 1 aliphatic heterocycles. The van der Waals surface area contributed by atoms with Gasteiger partial charge in [0.1, 0.15) is 11.6 Å². The van der Waals surface area contributed by atoms with E-state index < -0.39 is 5.92 Å². The molecule has 3 aromatic carbocycles. The Labute approximate surface area is 217 Å². The number of nitrogens with one attached hydrogen (secondary N) is 1.